The smallest absolute Gasteiger partial charge is 0.197 e. The summed E-state index contributed by atoms with van der Waals surface area (Å²) in [5.74, 6) is -0.0552. The zero-order valence-electron chi connectivity index (χ0n) is 13.9. The maximum absolute atomic E-state index is 12.5. The number of fused-ring (bicyclic) bond motifs is 1. The molecule has 0 atom stereocenters. The predicted octanol–water partition coefficient (Wildman–Crippen LogP) is 4.09. The van der Waals surface area contributed by atoms with E-state index in [-0.39, 0.29) is 28.2 Å². The molecule has 0 radical (unpaired) electrons. The number of hydrogen-bond donors (Lipinski definition) is 3. The van der Waals surface area contributed by atoms with Crippen molar-refractivity contribution in [3.05, 3.63) is 63.8 Å². The van der Waals surface area contributed by atoms with E-state index in [4.69, 9.17) is 4.42 Å². The first-order valence-electron chi connectivity index (χ1n) is 7.81. The van der Waals surface area contributed by atoms with Crippen LogP contribution in [0.5, 0.6) is 17.2 Å². The molecule has 25 heavy (non-hydrogen) atoms. The van der Waals surface area contributed by atoms with Gasteiger partial charge in [0.25, 0.3) is 0 Å². The standard InChI is InChI=1S/C20H18O5/c1-11(2)3-8-14-15(22)9-16(23)19-17(24)10-18(25-20(14)19)12-4-6-13(21)7-5-12/h3-7,9-10,21-23H,8H2,1-2H3. The average molecular weight is 338 g/mol. The van der Waals surface area contributed by atoms with Crippen LogP contribution in [0.1, 0.15) is 19.4 Å². The molecular formula is C20H18O5. The first kappa shape index (κ1) is 16.6. The second kappa shape index (κ2) is 6.36. The minimum absolute atomic E-state index is 0.0393. The summed E-state index contributed by atoms with van der Waals surface area (Å²) in [5.41, 5.74) is 1.85. The van der Waals surface area contributed by atoms with E-state index in [0.717, 1.165) is 11.6 Å². The molecule has 0 amide bonds. The molecule has 0 unspecified atom stereocenters. The van der Waals surface area contributed by atoms with Crippen LogP contribution in [0.3, 0.4) is 0 Å². The summed E-state index contributed by atoms with van der Waals surface area (Å²) >= 11 is 0. The van der Waals surface area contributed by atoms with Crippen molar-refractivity contribution in [2.75, 3.05) is 0 Å². The van der Waals surface area contributed by atoms with E-state index in [9.17, 15) is 20.1 Å². The SMILES string of the molecule is CC(C)=CCc1c(O)cc(O)c2c(=O)cc(-c3ccc(O)cc3)oc12. The van der Waals surface area contributed by atoms with Gasteiger partial charge in [0.15, 0.2) is 5.43 Å². The van der Waals surface area contributed by atoms with Crippen molar-refractivity contribution in [3.8, 4) is 28.6 Å². The lowest BCUT2D eigenvalue weighted by molar-refractivity contribution is 0.448. The fourth-order valence-electron chi connectivity index (χ4n) is 2.63. The van der Waals surface area contributed by atoms with E-state index in [1.54, 1.807) is 12.1 Å². The van der Waals surface area contributed by atoms with Gasteiger partial charge in [-0.25, -0.2) is 0 Å². The van der Waals surface area contributed by atoms with E-state index in [0.29, 0.717) is 23.3 Å². The second-order valence-corrected chi connectivity index (χ2v) is 6.10. The van der Waals surface area contributed by atoms with Crippen molar-refractivity contribution in [2.24, 2.45) is 0 Å². The minimum atomic E-state index is -0.403. The van der Waals surface area contributed by atoms with E-state index >= 15 is 0 Å². The summed E-state index contributed by atoms with van der Waals surface area (Å²) in [6.07, 6.45) is 2.27. The maximum Gasteiger partial charge on any atom is 0.197 e. The quantitative estimate of drug-likeness (QED) is 0.626. The molecule has 0 fully saturated rings. The van der Waals surface area contributed by atoms with Gasteiger partial charge in [0.1, 0.15) is 34.0 Å². The van der Waals surface area contributed by atoms with Gasteiger partial charge in [0, 0.05) is 23.3 Å². The van der Waals surface area contributed by atoms with Crippen molar-refractivity contribution in [2.45, 2.75) is 20.3 Å². The molecule has 1 aromatic heterocycles. The Hall–Kier alpha value is -3.21. The zero-order valence-corrected chi connectivity index (χ0v) is 13.9. The summed E-state index contributed by atoms with van der Waals surface area (Å²) in [6.45, 7) is 3.86. The van der Waals surface area contributed by atoms with Crippen molar-refractivity contribution < 1.29 is 19.7 Å². The predicted molar refractivity (Wildman–Crippen MR) is 96.0 cm³/mol. The summed E-state index contributed by atoms with van der Waals surface area (Å²) in [5, 5.41) is 29.7. The number of phenolic OH excluding ortho intramolecular Hbond substituents is 3. The Labute approximate surface area is 144 Å². The van der Waals surface area contributed by atoms with Crippen LogP contribution in [0.2, 0.25) is 0 Å². The summed E-state index contributed by atoms with van der Waals surface area (Å²) in [7, 11) is 0. The number of rotatable bonds is 3. The van der Waals surface area contributed by atoms with E-state index < -0.39 is 5.43 Å². The van der Waals surface area contributed by atoms with Gasteiger partial charge in [-0.1, -0.05) is 11.6 Å². The van der Waals surface area contributed by atoms with Gasteiger partial charge >= 0.3 is 0 Å². The molecule has 0 aliphatic heterocycles. The lowest BCUT2D eigenvalue weighted by Crippen LogP contribution is -2.03. The third-order valence-electron chi connectivity index (χ3n) is 3.93. The van der Waals surface area contributed by atoms with Gasteiger partial charge in [0.2, 0.25) is 0 Å². The molecule has 0 saturated carbocycles. The Morgan fingerprint density at radius 1 is 1.04 bits per heavy atom. The number of benzene rings is 2. The van der Waals surface area contributed by atoms with Crippen LogP contribution in [0, 0.1) is 0 Å². The fraction of sp³-hybridized carbons (Fsp3) is 0.150. The highest BCUT2D eigenvalue weighted by Crippen LogP contribution is 2.35. The molecule has 0 spiro atoms. The molecule has 3 N–H and O–H groups in total. The van der Waals surface area contributed by atoms with Gasteiger partial charge in [0.05, 0.1) is 0 Å². The fourth-order valence-corrected chi connectivity index (χ4v) is 2.63. The van der Waals surface area contributed by atoms with Gasteiger partial charge in [-0.3, -0.25) is 4.79 Å². The first-order chi connectivity index (χ1) is 11.9. The van der Waals surface area contributed by atoms with Crippen LogP contribution in [-0.4, -0.2) is 15.3 Å². The van der Waals surface area contributed by atoms with Crippen molar-refractivity contribution in [3.63, 3.8) is 0 Å². The normalized spacial score (nSPS) is 10.8. The summed E-state index contributed by atoms with van der Waals surface area (Å²) < 4.78 is 5.86. The number of phenols is 3. The Morgan fingerprint density at radius 2 is 1.72 bits per heavy atom. The van der Waals surface area contributed by atoms with Crippen molar-refractivity contribution in [1.82, 2.24) is 0 Å². The van der Waals surface area contributed by atoms with Crippen LogP contribution in [0.25, 0.3) is 22.3 Å². The molecule has 1 heterocycles. The highest BCUT2D eigenvalue weighted by Gasteiger charge is 2.17. The van der Waals surface area contributed by atoms with E-state index in [2.05, 4.69) is 0 Å². The van der Waals surface area contributed by atoms with Crippen LogP contribution in [-0.2, 0) is 6.42 Å². The summed E-state index contributed by atoms with van der Waals surface area (Å²) in [6, 6.07) is 8.67. The molecule has 0 aliphatic carbocycles. The molecule has 0 bridgehead atoms. The molecular weight excluding hydrogens is 320 g/mol. The number of hydrogen-bond acceptors (Lipinski definition) is 5. The third kappa shape index (κ3) is 3.21. The lowest BCUT2D eigenvalue weighted by atomic mass is 10.0. The number of allylic oxidation sites excluding steroid dienone is 2. The number of aromatic hydroxyl groups is 3. The van der Waals surface area contributed by atoms with E-state index in [1.165, 1.54) is 18.2 Å². The molecule has 0 aliphatic rings. The van der Waals surface area contributed by atoms with Crippen molar-refractivity contribution >= 4 is 11.0 Å². The Balaban J connectivity index is 2.30. The van der Waals surface area contributed by atoms with E-state index in [1.807, 2.05) is 19.9 Å². The van der Waals surface area contributed by atoms with Crippen LogP contribution in [0.4, 0.5) is 0 Å². The second-order valence-electron chi connectivity index (χ2n) is 6.10. The molecule has 5 heteroatoms. The molecule has 3 rings (SSSR count). The third-order valence-corrected chi connectivity index (χ3v) is 3.93. The molecule has 128 valence electrons. The Morgan fingerprint density at radius 3 is 2.36 bits per heavy atom. The van der Waals surface area contributed by atoms with Gasteiger partial charge in [-0.15, -0.1) is 0 Å². The first-order valence-corrected chi connectivity index (χ1v) is 7.81. The van der Waals surface area contributed by atoms with Crippen LogP contribution < -0.4 is 5.43 Å². The lowest BCUT2D eigenvalue weighted by Gasteiger charge is -2.10. The largest absolute Gasteiger partial charge is 0.508 e. The van der Waals surface area contributed by atoms with Crippen molar-refractivity contribution in [1.29, 1.82) is 0 Å². The topological polar surface area (TPSA) is 90.9 Å². The highest BCUT2D eigenvalue weighted by molar-refractivity contribution is 5.89. The molecule has 2 aromatic carbocycles. The van der Waals surface area contributed by atoms with Crippen LogP contribution in [0.15, 0.2) is 57.3 Å². The van der Waals surface area contributed by atoms with Gasteiger partial charge in [-0.05, 0) is 44.5 Å². The van der Waals surface area contributed by atoms with Crippen LogP contribution >= 0.6 is 0 Å². The monoisotopic (exact) mass is 338 g/mol. The van der Waals surface area contributed by atoms with Gasteiger partial charge < -0.3 is 19.7 Å². The molecule has 0 saturated heterocycles. The summed E-state index contributed by atoms with van der Waals surface area (Å²) in [4.78, 5) is 12.5. The maximum atomic E-state index is 12.5. The zero-order chi connectivity index (χ0) is 18.1. The van der Waals surface area contributed by atoms with Gasteiger partial charge in [-0.2, -0.15) is 0 Å². The Kier molecular flexibility index (Phi) is 4.23. The Bertz CT molecular complexity index is 1020. The molecule has 5 nitrogen and oxygen atoms in total. The molecule has 3 aromatic rings. The average Bonchev–Trinajstić information content (AvgIpc) is 2.54. The minimum Gasteiger partial charge on any atom is -0.508 e. The highest BCUT2D eigenvalue weighted by atomic mass is 16.3.